The van der Waals surface area contributed by atoms with Crippen LogP contribution in [0.25, 0.3) is 16.7 Å². The summed E-state index contributed by atoms with van der Waals surface area (Å²) in [6, 6.07) is 8.85. The number of ether oxygens (including phenoxy) is 2. The van der Waals surface area contributed by atoms with Crippen molar-refractivity contribution >= 4 is 16.7 Å². The minimum absolute atomic E-state index is 0.107. The summed E-state index contributed by atoms with van der Waals surface area (Å²) in [5, 5.41) is 16.7. The van der Waals surface area contributed by atoms with Crippen LogP contribution in [0.2, 0.25) is 0 Å². The highest BCUT2D eigenvalue weighted by atomic mass is 19.1. The average molecular weight is 524 g/mol. The van der Waals surface area contributed by atoms with Crippen molar-refractivity contribution in [3.05, 3.63) is 47.5 Å². The molecule has 9 heteroatoms. The van der Waals surface area contributed by atoms with E-state index in [1.165, 1.54) is 25.7 Å². The Kier molecular flexibility index (Phi) is 6.88. The first-order valence-electron chi connectivity index (χ1n) is 13.9. The Bertz CT molecular complexity index is 1280. The minimum atomic E-state index is -1.14. The van der Waals surface area contributed by atoms with Gasteiger partial charge >= 0.3 is 0 Å². The highest BCUT2D eigenvalue weighted by Crippen LogP contribution is 2.43. The molecule has 1 atom stereocenters. The number of aromatic nitrogens is 3. The molecule has 2 saturated heterocycles. The fourth-order valence-electron chi connectivity index (χ4n) is 6.20. The van der Waals surface area contributed by atoms with E-state index in [4.69, 9.17) is 19.6 Å². The van der Waals surface area contributed by atoms with Crippen molar-refractivity contribution in [2.75, 3.05) is 44.8 Å². The van der Waals surface area contributed by atoms with Crippen molar-refractivity contribution in [2.45, 2.75) is 69.8 Å². The van der Waals surface area contributed by atoms with Gasteiger partial charge in [-0.1, -0.05) is 6.42 Å². The van der Waals surface area contributed by atoms with Crippen LogP contribution in [0.3, 0.4) is 0 Å². The third-order valence-electron chi connectivity index (χ3n) is 8.48. The van der Waals surface area contributed by atoms with Crippen molar-refractivity contribution in [1.82, 2.24) is 19.7 Å². The van der Waals surface area contributed by atoms with Crippen molar-refractivity contribution in [3.63, 3.8) is 0 Å². The van der Waals surface area contributed by atoms with Gasteiger partial charge in [-0.05, 0) is 69.9 Å². The Morgan fingerprint density at radius 2 is 1.84 bits per heavy atom. The number of rotatable bonds is 6. The Morgan fingerprint density at radius 3 is 2.47 bits per heavy atom. The van der Waals surface area contributed by atoms with Gasteiger partial charge in [-0.3, -0.25) is 4.90 Å². The van der Waals surface area contributed by atoms with E-state index in [2.05, 4.69) is 23.6 Å². The summed E-state index contributed by atoms with van der Waals surface area (Å²) in [5.41, 5.74) is 3.88. The van der Waals surface area contributed by atoms with Gasteiger partial charge in [0.1, 0.15) is 11.5 Å². The van der Waals surface area contributed by atoms with Crippen LogP contribution in [0.1, 0.15) is 69.5 Å². The first-order valence-corrected chi connectivity index (χ1v) is 13.9. The first-order chi connectivity index (χ1) is 18.3. The number of piperidine rings is 1. The Hall–Kier alpha value is -2.59. The smallest absolute Gasteiger partial charge is 0.198 e. The second kappa shape index (κ2) is 10.2. The first kappa shape index (κ1) is 25.7. The van der Waals surface area contributed by atoms with E-state index < -0.39 is 6.29 Å². The Morgan fingerprint density at radius 1 is 1.11 bits per heavy atom. The molecule has 0 bridgehead atoms. The largest absolute Gasteiger partial charge is 0.373 e. The third kappa shape index (κ3) is 4.81. The lowest BCUT2D eigenvalue weighted by Crippen LogP contribution is -2.54. The van der Waals surface area contributed by atoms with Crippen LogP contribution in [-0.2, 0) is 9.47 Å². The zero-order valence-electron chi connectivity index (χ0n) is 22.6. The molecule has 0 radical (unpaired) electrons. The van der Waals surface area contributed by atoms with Crippen molar-refractivity contribution < 1.29 is 19.0 Å². The molecule has 8 nitrogen and oxygen atoms in total. The van der Waals surface area contributed by atoms with Crippen molar-refractivity contribution in [3.8, 4) is 5.69 Å². The van der Waals surface area contributed by atoms with Crippen molar-refractivity contribution in [1.29, 1.82) is 0 Å². The maximum absolute atomic E-state index is 13.7. The molecule has 1 aliphatic carbocycles. The van der Waals surface area contributed by atoms with Gasteiger partial charge in [0, 0.05) is 45.2 Å². The lowest BCUT2D eigenvalue weighted by atomic mass is 9.82. The fraction of sp³-hybridized carbons (Fsp3) is 0.586. The molecule has 2 aromatic heterocycles. The van der Waals surface area contributed by atoms with Crippen molar-refractivity contribution in [2.24, 2.45) is 0 Å². The van der Waals surface area contributed by atoms with Crippen LogP contribution in [0, 0.1) is 5.82 Å². The average Bonchev–Trinajstić information content (AvgIpc) is 3.25. The number of aliphatic hydroxyl groups is 1. The molecule has 1 unspecified atom stereocenters. The number of methoxy groups -OCH3 is 1. The van der Waals surface area contributed by atoms with Gasteiger partial charge < -0.3 is 19.5 Å². The Balaban J connectivity index is 1.39. The normalized spacial score (nSPS) is 22.1. The predicted molar refractivity (Wildman–Crippen MR) is 144 cm³/mol. The zero-order chi connectivity index (χ0) is 26.4. The maximum Gasteiger partial charge on any atom is 0.198 e. The second-order valence-corrected chi connectivity index (χ2v) is 11.6. The molecule has 3 aliphatic rings. The lowest BCUT2D eigenvalue weighted by molar-refractivity contribution is -0.0990. The van der Waals surface area contributed by atoms with Gasteiger partial charge in [0.05, 0.1) is 34.7 Å². The molecule has 204 valence electrons. The summed E-state index contributed by atoms with van der Waals surface area (Å²) in [6.45, 7) is 8.89. The van der Waals surface area contributed by atoms with E-state index in [0.717, 1.165) is 80.9 Å². The summed E-state index contributed by atoms with van der Waals surface area (Å²) in [6.07, 6.45) is 4.38. The van der Waals surface area contributed by atoms with Crippen LogP contribution < -0.4 is 4.90 Å². The molecule has 38 heavy (non-hydrogen) atoms. The summed E-state index contributed by atoms with van der Waals surface area (Å²) >= 11 is 0. The quantitative estimate of drug-likeness (QED) is 0.476. The van der Waals surface area contributed by atoms with Gasteiger partial charge in [0.2, 0.25) is 0 Å². The second-order valence-electron chi connectivity index (χ2n) is 11.6. The third-order valence-corrected chi connectivity index (χ3v) is 8.48. The Labute approximate surface area is 223 Å². The van der Waals surface area contributed by atoms with Gasteiger partial charge in [-0.25, -0.2) is 14.1 Å². The SMILES string of the molecule is COC(O)c1cc(N2CCC(N3CCOC(C)(C)C3)CC2)c2c(C3CCC3)nn(-c3ccc(F)cc3)c2n1. The molecule has 4 heterocycles. The topological polar surface area (TPSA) is 75.9 Å². The fourth-order valence-corrected chi connectivity index (χ4v) is 6.20. The number of nitrogens with zero attached hydrogens (tertiary/aromatic N) is 5. The summed E-state index contributed by atoms with van der Waals surface area (Å²) in [7, 11) is 1.47. The number of aliphatic hydroxyl groups excluding tert-OH is 1. The van der Waals surface area contributed by atoms with Crippen LogP contribution in [0.15, 0.2) is 30.3 Å². The van der Waals surface area contributed by atoms with Gasteiger partial charge in [0.25, 0.3) is 0 Å². The highest BCUT2D eigenvalue weighted by Gasteiger charge is 2.35. The van der Waals surface area contributed by atoms with Gasteiger partial charge in [-0.15, -0.1) is 0 Å². The monoisotopic (exact) mass is 523 g/mol. The lowest BCUT2D eigenvalue weighted by Gasteiger charge is -2.45. The maximum atomic E-state index is 13.7. The van der Waals surface area contributed by atoms with E-state index in [-0.39, 0.29) is 11.4 Å². The molecule has 3 fully saturated rings. The number of pyridine rings is 1. The summed E-state index contributed by atoms with van der Waals surface area (Å²) in [5.74, 6) is 0.0890. The zero-order valence-corrected chi connectivity index (χ0v) is 22.6. The minimum Gasteiger partial charge on any atom is -0.373 e. The van der Waals surface area contributed by atoms with Crippen LogP contribution >= 0.6 is 0 Å². The molecular formula is C29H38FN5O3. The van der Waals surface area contributed by atoms with E-state index in [1.54, 1.807) is 16.8 Å². The molecule has 1 N–H and O–H groups in total. The molecule has 6 rings (SSSR count). The highest BCUT2D eigenvalue weighted by molar-refractivity contribution is 5.94. The standard InChI is InChI=1S/C29H38FN5O3/c1-29(2)18-34(15-16-38-29)21-11-13-33(14-12-21)24-17-23(28(36)37-3)31-27-25(24)26(19-5-4-6-19)32-35(27)22-9-7-20(30)8-10-22/h7-10,17,19,21,28,36H,4-6,11-16,18H2,1-3H3. The van der Waals surface area contributed by atoms with Gasteiger partial charge in [0.15, 0.2) is 11.9 Å². The molecule has 0 amide bonds. The van der Waals surface area contributed by atoms with Crippen LogP contribution in [0.4, 0.5) is 10.1 Å². The predicted octanol–water partition coefficient (Wildman–Crippen LogP) is 4.54. The van der Waals surface area contributed by atoms with E-state index in [9.17, 15) is 9.50 Å². The van der Waals surface area contributed by atoms with E-state index in [1.807, 2.05) is 6.07 Å². The molecule has 0 spiro atoms. The van der Waals surface area contributed by atoms with E-state index >= 15 is 0 Å². The molecule has 1 saturated carbocycles. The molecular weight excluding hydrogens is 485 g/mol. The number of benzene rings is 1. The summed E-state index contributed by atoms with van der Waals surface area (Å²) < 4.78 is 26.8. The number of hydrogen-bond acceptors (Lipinski definition) is 7. The number of anilines is 1. The number of halogens is 1. The number of fused-ring (bicyclic) bond motifs is 1. The summed E-state index contributed by atoms with van der Waals surface area (Å²) in [4.78, 5) is 9.87. The molecule has 2 aliphatic heterocycles. The van der Waals surface area contributed by atoms with Crippen LogP contribution in [0.5, 0.6) is 0 Å². The number of hydrogen-bond donors (Lipinski definition) is 1. The molecule has 1 aromatic carbocycles. The molecule has 3 aromatic rings. The van der Waals surface area contributed by atoms with Crippen LogP contribution in [-0.4, -0.2) is 76.3 Å². The van der Waals surface area contributed by atoms with E-state index in [0.29, 0.717) is 23.3 Å². The number of morpholine rings is 1. The van der Waals surface area contributed by atoms with Gasteiger partial charge in [-0.2, -0.15) is 5.10 Å².